The molecule has 0 aromatic heterocycles. The van der Waals surface area contributed by atoms with E-state index in [1.807, 2.05) is 6.92 Å². The van der Waals surface area contributed by atoms with Gasteiger partial charge in [0.25, 0.3) is 0 Å². The highest BCUT2D eigenvalue weighted by Gasteiger charge is 2.43. The van der Waals surface area contributed by atoms with Crippen LogP contribution >= 0.6 is 11.8 Å². The Morgan fingerprint density at radius 1 is 1.45 bits per heavy atom. The van der Waals surface area contributed by atoms with E-state index in [1.54, 1.807) is 23.9 Å². The lowest BCUT2D eigenvalue weighted by atomic mass is 9.86. The van der Waals surface area contributed by atoms with Gasteiger partial charge in [-0.25, -0.2) is 8.78 Å². The summed E-state index contributed by atoms with van der Waals surface area (Å²) in [5.41, 5.74) is 0.900. The van der Waals surface area contributed by atoms with Crippen LogP contribution in [0.3, 0.4) is 0 Å². The molecule has 3 rings (SSSR count). The molecule has 0 radical (unpaired) electrons. The van der Waals surface area contributed by atoms with Gasteiger partial charge in [0, 0.05) is 18.8 Å². The Labute approximate surface area is 120 Å². The lowest BCUT2D eigenvalue weighted by Gasteiger charge is -2.31. The van der Waals surface area contributed by atoms with Gasteiger partial charge in [0.15, 0.2) is 0 Å². The van der Waals surface area contributed by atoms with Crippen molar-refractivity contribution in [3.8, 4) is 0 Å². The van der Waals surface area contributed by atoms with Crippen molar-refractivity contribution >= 4 is 17.7 Å². The molecule has 3 nitrogen and oxygen atoms in total. The zero-order valence-corrected chi connectivity index (χ0v) is 12.0. The van der Waals surface area contributed by atoms with Gasteiger partial charge in [0.2, 0.25) is 5.92 Å². The highest BCUT2D eigenvalue weighted by atomic mass is 32.2. The van der Waals surface area contributed by atoms with E-state index in [0.29, 0.717) is 6.42 Å². The van der Waals surface area contributed by atoms with Crippen LogP contribution in [0, 0.1) is 11.8 Å². The number of halogens is 2. The lowest BCUT2D eigenvalue weighted by Crippen LogP contribution is -2.28. The van der Waals surface area contributed by atoms with Crippen molar-refractivity contribution in [3.05, 3.63) is 22.6 Å². The minimum absolute atomic E-state index is 0.0390. The van der Waals surface area contributed by atoms with E-state index < -0.39 is 18.0 Å². The molecular formula is C14H18F2O3S. The van der Waals surface area contributed by atoms with E-state index in [9.17, 15) is 18.7 Å². The van der Waals surface area contributed by atoms with Crippen LogP contribution in [0.1, 0.15) is 26.2 Å². The molecule has 0 aromatic carbocycles. The second-order valence-electron chi connectivity index (χ2n) is 5.34. The van der Waals surface area contributed by atoms with E-state index in [1.165, 1.54) is 0 Å². The number of aliphatic carboxylic acids is 1. The summed E-state index contributed by atoms with van der Waals surface area (Å²) in [5.74, 6) is -2.51. The molecule has 2 aliphatic carbocycles. The molecule has 0 saturated heterocycles. The quantitative estimate of drug-likeness (QED) is 0.782. The van der Waals surface area contributed by atoms with Crippen molar-refractivity contribution in [2.45, 2.75) is 38.2 Å². The molecule has 20 heavy (non-hydrogen) atoms. The molecule has 3 atom stereocenters. The van der Waals surface area contributed by atoms with Gasteiger partial charge in [-0.2, -0.15) is 0 Å². The van der Waals surface area contributed by atoms with Crippen molar-refractivity contribution in [2.24, 2.45) is 11.8 Å². The largest absolute Gasteiger partial charge is 0.481 e. The minimum atomic E-state index is -2.25. The van der Waals surface area contributed by atoms with Crippen molar-refractivity contribution < 1.29 is 23.8 Å². The van der Waals surface area contributed by atoms with Gasteiger partial charge in [-0.3, -0.25) is 4.79 Å². The fourth-order valence-electron chi connectivity index (χ4n) is 2.16. The normalized spacial score (nSPS) is 33.9. The van der Waals surface area contributed by atoms with Crippen LogP contribution in [0.5, 0.6) is 0 Å². The van der Waals surface area contributed by atoms with E-state index in [2.05, 4.69) is 0 Å². The van der Waals surface area contributed by atoms with Gasteiger partial charge in [0.05, 0.1) is 12.0 Å². The topological polar surface area (TPSA) is 57.5 Å². The molecular weight excluding hydrogens is 286 g/mol. The van der Waals surface area contributed by atoms with Crippen molar-refractivity contribution in [1.29, 1.82) is 0 Å². The molecule has 1 fully saturated rings. The monoisotopic (exact) mass is 304 g/mol. The average Bonchev–Trinajstić information content (AvgIpc) is 3.09. The number of carbonyl (C=O) groups is 1. The van der Waals surface area contributed by atoms with Gasteiger partial charge < -0.3 is 10.2 Å². The highest BCUT2D eigenvalue weighted by Crippen LogP contribution is 2.42. The molecule has 6 heteroatoms. The van der Waals surface area contributed by atoms with Crippen LogP contribution in [0.25, 0.3) is 0 Å². The second kappa shape index (κ2) is 5.85. The molecule has 0 amide bonds. The summed E-state index contributed by atoms with van der Waals surface area (Å²) in [6.07, 6.45) is 3.94. The number of aliphatic hydroxyl groups is 1. The van der Waals surface area contributed by atoms with Gasteiger partial charge in [-0.05, 0) is 22.7 Å². The number of carboxylic acids is 1. The first kappa shape index (κ1) is 15.5. The fourth-order valence-corrected chi connectivity index (χ4v) is 3.52. The molecule has 0 aromatic rings. The molecule has 3 aliphatic rings. The zero-order chi connectivity index (χ0) is 14.9. The number of hydrogen-bond donors (Lipinski definition) is 2. The summed E-state index contributed by atoms with van der Waals surface area (Å²) < 4.78 is 22.3. The Morgan fingerprint density at radius 3 is 2.55 bits per heavy atom. The molecule has 0 bridgehead atoms. The number of carboxylic acid groups (broad SMARTS) is 1. The van der Waals surface area contributed by atoms with Gasteiger partial charge in [0.1, 0.15) is 0 Å². The molecule has 3 unspecified atom stereocenters. The number of hydrogen-bond acceptors (Lipinski definition) is 3. The maximum absolute atomic E-state index is 11.1. The minimum Gasteiger partial charge on any atom is -0.481 e. The van der Waals surface area contributed by atoms with Crippen molar-refractivity contribution in [1.82, 2.24) is 0 Å². The molecule has 1 aliphatic heterocycles. The molecule has 1 saturated carbocycles. The van der Waals surface area contributed by atoms with Gasteiger partial charge >= 0.3 is 5.97 Å². The summed E-state index contributed by atoms with van der Waals surface area (Å²) in [4.78, 5) is 12.1. The smallest absolute Gasteiger partial charge is 0.311 e. The van der Waals surface area contributed by atoms with Crippen LogP contribution in [0.4, 0.5) is 8.78 Å². The maximum atomic E-state index is 11.1. The Bertz CT molecular complexity index is 453. The Morgan fingerprint density at radius 2 is 2.05 bits per heavy atom. The Balaban J connectivity index is 0.000000247. The number of aliphatic hydroxyl groups excluding tert-OH is 1. The number of rotatable bonds is 1. The van der Waals surface area contributed by atoms with Crippen LogP contribution in [-0.2, 0) is 4.79 Å². The molecule has 112 valence electrons. The summed E-state index contributed by atoms with van der Waals surface area (Å²) in [6, 6.07) is 0. The highest BCUT2D eigenvalue weighted by molar-refractivity contribution is 8.03. The van der Waals surface area contributed by atoms with E-state index >= 15 is 0 Å². The van der Waals surface area contributed by atoms with Crippen LogP contribution in [-0.4, -0.2) is 34.0 Å². The number of alkyl halides is 2. The third-order valence-corrected chi connectivity index (χ3v) is 5.01. The van der Waals surface area contributed by atoms with Gasteiger partial charge in [-0.15, -0.1) is 11.8 Å². The van der Waals surface area contributed by atoms with Gasteiger partial charge in [-0.1, -0.05) is 19.1 Å². The first-order valence-corrected chi connectivity index (χ1v) is 7.64. The van der Waals surface area contributed by atoms with E-state index in [0.717, 1.165) is 16.2 Å². The fraction of sp³-hybridized carbons (Fsp3) is 0.643. The van der Waals surface area contributed by atoms with Crippen LogP contribution in [0.2, 0.25) is 0 Å². The first-order chi connectivity index (χ1) is 9.32. The van der Waals surface area contributed by atoms with E-state index in [4.69, 9.17) is 5.11 Å². The summed E-state index contributed by atoms with van der Waals surface area (Å²) in [5, 5.41) is 18.7. The maximum Gasteiger partial charge on any atom is 0.311 e. The molecule has 0 spiro atoms. The van der Waals surface area contributed by atoms with Crippen molar-refractivity contribution in [3.63, 3.8) is 0 Å². The SMILES string of the molecule is CC1C2=C(C=CC1O)C(C(=O)O)CCS2.FC1(F)CC1. The third kappa shape index (κ3) is 3.61. The Kier molecular flexibility index (Phi) is 4.54. The second-order valence-corrected chi connectivity index (χ2v) is 6.48. The number of allylic oxidation sites excluding steroid dienone is 1. The van der Waals surface area contributed by atoms with Crippen molar-refractivity contribution in [2.75, 3.05) is 5.75 Å². The predicted octanol–water partition coefficient (Wildman–Crippen LogP) is 3.06. The summed E-state index contributed by atoms with van der Waals surface area (Å²) in [6.45, 7) is 1.95. The zero-order valence-electron chi connectivity index (χ0n) is 11.2. The number of thioether (sulfide) groups is 1. The first-order valence-electron chi connectivity index (χ1n) is 6.65. The molecule has 1 heterocycles. The predicted molar refractivity (Wildman–Crippen MR) is 73.7 cm³/mol. The summed E-state index contributed by atoms with van der Waals surface area (Å²) in [7, 11) is 0. The van der Waals surface area contributed by atoms with E-state index in [-0.39, 0.29) is 24.7 Å². The van der Waals surface area contributed by atoms with Crippen LogP contribution < -0.4 is 0 Å². The van der Waals surface area contributed by atoms with Crippen LogP contribution in [0.15, 0.2) is 22.6 Å². The third-order valence-electron chi connectivity index (χ3n) is 3.65. The Hall–Kier alpha value is -0.880. The summed E-state index contributed by atoms with van der Waals surface area (Å²) >= 11 is 1.69. The lowest BCUT2D eigenvalue weighted by molar-refractivity contribution is -0.140. The molecule has 2 N–H and O–H groups in total. The average molecular weight is 304 g/mol. The standard InChI is InChI=1S/C11H14O3S.C3H4F2/c1-6-9(12)3-2-7-8(11(13)14)4-5-15-10(6)7;4-3(5)1-2-3/h2-3,6,8-9,12H,4-5H2,1H3,(H,13,14);1-2H2.